The molecule has 0 aromatic carbocycles. The summed E-state index contributed by atoms with van der Waals surface area (Å²) in [4.78, 5) is 12.2. The highest BCUT2D eigenvalue weighted by Gasteiger charge is 2.39. The number of aromatic nitrogens is 2. The molecular formula is C12H20N4O. The van der Waals surface area contributed by atoms with E-state index in [4.69, 9.17) is 5.73 Å². The molecule has 1 aliphatic carbocycles. The molecule has 0 aliphatic heterocycles. The zero-order valence-electron chi connectivity index (χ0n) is 10.7. The van der Waals surface area contributed by atoms with Crippen molar-refractivity contribution in [2.75, 3.05) is 11.1 Å². The van der Waals surface area contributed by atoms with Gasteiger partial charge in [-0.1, -0.05) is 20.3 Å². The Labute approximate surface area is 101 Å². The zero-order chi connectivity index (χ0) is 12.6. The summed E-state index contributed by atoms with van der Waals surface area (Å²) < 4.78 is 1.59. The van der Waals surface area contributed by atoms with Crippen molar-refractivity contribution < 1.29 is 4.79 Å². The summed E-state index contributed by atoms with van der Waals surface area (Å²) in [5.41, 5.74) is 6.35. The van der Waals surface area contributed by atoms with Crippen LogP contribution in [-0.4, -0.2) is 15.7 Å². The van der Waals surface area contributed by atoms with Crippen molar-refractivity contribution in [3.8, 4) is 0 Å². The highest BCUT2D eigenvalue weighted by atomic mass is 16.2. The summed E-state index contributed by atoms with van der Waals surface area (Å²) >= 11 is 0. The molecule has 3 N–H and O–H groups in total. The van der Waals surface area contributed by atoms with E-state index < -0.39 is 0 Å². The first-order valence-corrected chi connectivity index (χ1v) is 6.00. The van der Waals surface area contributed by atoms with Gasteiger partial charge >= 0.3 is 0 Å². The number of rotatable bonds is 2. The van der Waals surface area contributed by atoms with Crippen molar-refractivity contribution in [2.24, 2.45) is 18.4 Å². The van der Waals surface area contributed by atoms with E-state index in [1.54, 1.807) is 17.9 Å². The van der Waals surface area contributed by atoms with Gasteiger partial charge in [-0.05, 0) is 18.3 Å². The maximum Gasteiger partial charge on any atom is 0.229 e. The van der Waals surface area contributed by atoms with E-state index in [1.807, 2.05) is 0 Å². The van der Waals surface area contributed by atoms with Crippen molar-refractivity contribution in [1.82, 2.24) is 9.78 Å². The second-order valence-electron chi connectivity index (χ2n) is 5.49. The summed E-state index contributed by atoms with van der Waals surface area (Å²) in [6.45, 7) is 4.30. The number of aryl methyl sites for hydroxylation is 1. The summed E-state index contributed by atoms with van der Waals surface area (Å²) in [5, 5.41) is 6.90. The summed E-state index contributed by atoms with van der Waals surface area (Å²) in [6, 6.07) is 0. The highest BCUT2D eigenvalue weighted by Crippen LogP contribution is 2.43. The van der Waals surface area contributed by atoms with Gasteiger partial charge in [-0.15, -0.1) is 0 Å². The molecule has 1 unspecified atom stereocenters. The van der Waals surface area contributed by atoms with Crippen LogP contribution in [-0.2, 0) is 11.8 Å². The number of nitrogens with zero attached hydrogens (tertiary/aromatic N) is 2. The van der Waals surface area contributed by atoms with Gasteiger partial charge in [-0.25, -0.2) is 0 Å². The van der Waals surface area contributed by atoms with Crippen LogP contribution in [0.15, 0.2) is 6.20 Å². The molecule has 1 heterocycles. The predicted octanol–water partition coefficient (Wildman–Crippen LogP) is 1.77. The van der Waals surface area contributed by atoms with Crippen molar-refractivity contribution in [3.63, 3.8) is 0 Å². The normalized spacial score (nSPS) is 22.6. The van der Waals surface area contributed by atoms with Crippen LogP contribution in [0, 0.1) is 11.3 Å². The topological polar surface area (TPSA) is 72.9 Å². The standard InChI is InChI=1S/C12H20N4O/c1-12(2)6-4-5-8(12)11(17)15-10-9(13)7-14-16(10)3/h7-8H,4-6,13H2,1-3H3,(H,15,17). The molecule has 1 saturated carbocycles. The van der Waals surface area contributed by atoms with Crippen LogP contribution in [0.25, 0.3) is 0 Å². The lowest BCUT2D eigenvalue weighted by Gasteiger charge is -2.25. The molecule has 0 bridgehead atoms. The number of anilines is 2. The lowest BCUT2D eigenvalue weighted by molar-refractivity contribution is -0.122. The molecule has 1 aliphatic rings. The van der Waals surface area contributed by atoms with Crippen LogP contribution in [0.4, 0.5) is 11.5 Å². The van der Waals surface area contributed by atoms with Gasteiger partial charge in [0, 0.05) is 13.0 Å². The van der Waals surface area contributed by atoms with Crippen LogP contribution in [0.3, 0.4) is 0 Å². The Balaban J connectivity index is 2.12. The van der Waals surface area contributed by atoms with E-state index in [-0.39, 0.29) is 17.2 Å². The Kier molecular flexibility index (Phi) is 2.85. The van der Waals surface area contributed by atoms with Gasteiger partial charge in [0.15, 0.2) is 5.82 Å². The van der Waals surface area contributed by atoms with Crippen molar-refractivity contribution in [3.05, 3.63) is 6.20 Å². The minimum atomic E-state index is 0.0581. The van der Waals surface area contributed by atoms with Gasteiger partial charge in [0.25, 0.3) is 0 Å². The van der Waals surface area contributed by atoms with E-state index >= 15 is 0 Å². The largest absolute Gasteiger partial charge is 0.394 e. The number of amides is 1. The van der Waals surface area contributed by atoms with Crippen molar-refractivity contribution in [1.29, 1.82) is 0 Å². The highest BCUT2D eigenvalue weighted by molar-refractivity contribution is 5.94. The second-order valence-corrected chi connectivity index (χ2v) is 5.49. The van der Waals surface area contributed by atoms with E-state index in [0.29, 0.717) is 11.5 Å². The van der Waals surface area contributed by atoms with E-state index in [0.717, 1.165) is 19.3 Å². The fraction of sp³-hybridized carbons (Fsp3) is 0.667. The van der Waals surface area contributed by atoms with Gasteiger partial charge in [0.2, 0.25) is 5.91 Å². The molecule has 0 spiro atoms. The quantitative estimate of drug-likeness (QED) is 0.822. The average molecular weight is 236 g/mol. The van der Waals surface area contributed by atoms with Crippen molar-refractivity contribution in [2.45, 2.75) is 33.1 Å². The molecule has 0 radical (unpaired) electrons. The van der Waals surface area contributed by atoms with E-state index in [1.165, 1.54) is 0 Å². The smallest absolute Gasteiger partial charge is 0.229 e. The number of nitrogens with two attached hydrogens (primary N) is 1. The summed E-state index contributed by atoms with van der Waals surface area (Å²) in [5.74, 6) is 0.720. The fourth-order valence-corrected chi connectivity index (χ4v) is 2.62. The Morgan fingerprint density at radius 1 is 1.65 bits per heavy atom. The minimum Gasteiger partial charge on any atom is -0.394 e. The second kappa shape index (κ2) is 4.05. The first kappa shape index (κ1) is 12.0. The Morgan fingerprint density at radius 3 is 2.82 bits per heavy atom. The predicted molar refractivity (Wildman–Crippen MR) is 67.4 cm³/mol. The molecule has 17 heavy (non-hydrogen) atoms. The molecule has 1 aromatic heterocycles. The van der Waals surface area contributed by atoms with Crippen LogP contribution in [0.2, 0.25) is 0 Å². The van der Waals surface area contributed by atoms with Crippen LogP contribution in [0.1, 0.15) is 33.1 Å². The monoisotopic (exact) mass is 236 g/mol. The molecule has 1 amide bonds. The molecule has 1 fully saturated rings. The number of carbonyl (C=O) groups excluding carboxylic acids is 1. The first-order chi connectivity index (χ1) is 7.92. The molecular weight excluding hydrogens is 216 g/mol. The van der Waals surface area contributed by atoms with E-state index in [9.17, 15) is 4.79 Å². The lowest BCUT2D eigenvalue weighted by Crippen LogP contribution is -2.31. The van der Waals surface area contributed by atoms with Gasteiger partial charge < -0.3 is 11.1 Å². The molecule has 1 aromatic rings. The maximum absolute atomic E-state index is 12.2. The van der Waals surface area contributed by atoms with Crippen molar-refractivity contribution >= 4 is 17.4 Å². The van der Waals surface area contributed by atoms with Gasteiger partial charge in [-0.2, -0.15) is 5.10 Å². The molecule has 94 valence electrons. The Hall–Kier alpha value is -1.52. The van der Waals surface area contributed by atoms with Crippen LogP contribution in [0.5, 0.6) is 0 Å². The molecule has 5 nitrogen and oxygen atoms in total. The molecule has 5 heteroatoms. The number of nitrogens with one attached hydrogen (secondary N) is 1. The Morgan fingerprint density at radius 2 is 2.35 bits per heavy atom. The maximum atomic E-state index is 12.2. The minimum absolute atomic E-state index is 0.0581. The van der Waals surface area contributed by atoms with Gasteiger partial charge in [-0.3, -0.25) is 9.48 Å². The average Bonchev–Trinajstić information content (AvgIpc) is 2.74. The third kappa shape index (κ3) is 2.14. The molecule has 0 saturated heterocycles. The Bertz CT molecular complexity index is 416. The van der Waals surface area contributed by atoms with Crippen LogP contribution >= 0.6 is 0 Å². The summed E-state index contributed by atoms with van der Waals surface area (Å²) in [7, 11) is 1.77. The third-order valence-corrected chi connectivity index (χ3v) is 3.78. The molecule has 1 atom stereocenters. The number of hydrogen-bond acceptors (Lipinski definition) is 3. The fourth-order valence-electron chi connectivity index (χ4n) is 2.62. The van der Waals surface area contributed by atoms with E-state index in [2.05, 4.69) is 24.3 Å². The van der Waals surface area contributed by atoms with Gasteiger partial charge in [0.05, 0.1) is 11.9 Å². The number of hydrogen-bond donors (Lipinski definition) is 2. The lowest BCUT2D eigenvalue weighted by atomic mass is 9.81. The summed E-state index contributed by atoms with van der Waals surface area (Å²) in [6.07, 6.45) is 4.73. The van der Waals surface area contributed by atoms with Gasteiger partial charge in [0.1, 0.15) is 0 Å². The third-order valence-electron chi connectivity index (χ3n) is 3.78. The molecule has 2 rings (SSSR count). The van der Waals surface area contributed by atoms with Crippen LogP contribution < -0.4 is 11.1 Å². The first-order valence-electron chi connectivity index (χ1n) is 6.00. The SMILES string of the molecule is Cn1ncc(N)c1NC(=O)C1CCCC1(C)C. The zero-order valence-corrected chi connectivity index (χ0v) is 10.7. The number of nitrogen functional groups attached to an aromatic ring is 1. The number of carbonyl (C=O) groups is 1.